The molecule has 0 radical (unpaired) electrons. The van der Waals surface area contributed by atoms with Crippen molar-refractivity contribution < 1.29 is 19.0 Å². The summed E-state index contributed by atoms with van der Waals surface area (Å²) in [6, 6.07) is 10.9. The maximum atomic E-state index is 13.1. The van der Waals surface area contributed by atoms with Crippen LogP contribution in [-0.2, 0) is 17.9 Å². The lowest BCUT2D eigenvalue weighted by Gasteiger charge is -2.19. The number of carbonyl (C=O) groups is 1. The molecule has 0 fully saturated rings. The Morgan fingerprint density at radius 2 is 1.96 bits per heavy atom. The smallest absolute Gasteiger partial charge is 0.320 e. The van der Waals surface area contributed by atoms with Crippen LogP contribution >= 0.6 is 11.6 Å². The minimum atomic E-state index is -0.883. The number of ether oxygens (including phenoxy) is 1. The maximum absolute atomic E-state index is 13.1. The van der Waals surface area contributed by atoms with Gasteiger partial charge in [0.1, 0.15) is 24.2 Å². The number of carboxylic acid groups (broad SMARTS) is 1. The van der Waals surface area contributed by atoms with Crippen molar-refractivity contribution in [2.45, 2.75) is 33.0 Å². The second kappa shape index (κ2) is 8.83. The molecule has 0 aromatic heterocycles. The summed E-state index contributed by atoms with van der Waals surface area (Å²) in [6.45, 7) is 4.26. The molecule has 0 heterocycles. The van der Waals surface area contributed by atoms with Crippen LogP contribution in [0.3, 0.4) is 0 Å². The first-order chi connectivity index (χ1) is 11.9. The maximum Gasteiger partial charge on any atom is 0.320 e. The fourth-order valence-electron chi connectivity index (χ4n) is 2.41. The Labute approximate surface area is 151 Å². The third kappa shape index (κ3) is 5.44. The highest BCUT2D eigenvalue weighted by atomic mass is 35.5. The lowest BCUT2D eigenvalue weighted by atomic mass is 10.0. The van der Waals surface area contributed by atoms with Gasteiger partial charge in [0.05, 0.1) is 5.02 Å². The van der Waals surface area contributed by atoms with Crippen molar-refractivity contribution in [3.63, 3.8) is 0 Å². The van der Waals surface area contributed by atoms with Crippen molar-refractivity contribution >= 4 is 17.6 Å². The van der Waals surface area contributed by atoms with Crippen LogP contribution in [0.4, 0.5) is 4.39 Å². The number of carboxylic acids is 1. The first-order valence-electron chi connectivity index (χ1n) is 7.99. The van der Waals surface area contributed by atoms with Crippen LogP contribution in [0.25, 0.3) is 0 Å². The molecule has 2 N–H and O–H groups in total. The molecule has 0 saturated heterocycles. The predicted molar refractivity (Wildman–Crippen MR) is 95.3 cm³/mol. The molecule has 134 valence electrons. The van der Waals surface area contributed by atoms with Gasteiger partial charge in [-0.1, -0.05) is 49.7 Å². The van der Waals surface area contributed by atoms with Crippen LogP contribution in [0, 0.1) is 11.7 Å². The molecule has 2 aromatic rings. The Morgan fingerprint density at radius 1 is 1.24 bits per heavy atom. The molecule has 0 amide bonds. The van der Waals surface area contributed by atoms with E-state index in [0.717, 1.165) is 5.56 Å². The molecule has 0 saturated carbocycles. The third-order valence-corrected chi connectivity index (χ3v) is 4.17. The minimum Gasteiger partial charge on any atom is -0.489 e. The van der Waals surface area contributed by atoms with Crippen molar-refractivity contribution in [1.82, 2.24) is 5.32 Å². The summed E-state index contributed by atoms with van der Waals surface area (Å²) in [4.78, 5) is 11.3. The van der Waals surface area contributed by atoms with Crippen LogP contribution in [-0.4, -0.2) is 17.1 Å². The number of nitrogens with one attached hydrogen (secondary N) is 1. The van der Waals surface area contributed by atoms with Crippen molar-refractivity contribution in [3.8, 4) is 5.75 Å². The Bertz CT molecular complexity index is 736. The molecule has 2 aromatic carbocycles. The summed E-state index contributed by atoms with van der Waals surface area (Å²) >= 11 is 6.01. The SMILES string of the molecule is CC(C)C(NCc1ccccc1OCc1ccc(F)cc1Cl)C(=O)O. The lowest BCUT2D eigenvalue weighted by Crippen LogP contribution is -2.40. The van der Waals surface area contributed by atoms with Gasteiger partial charge in [-0.2, -0.15) is 0 Å². The number of para-hydroxylation sites is 1. The van der Waals surface area contributed by atoms with E-state index in [1.807, 2.05) is 32.0 Å². The number of hydrogen-bond acceptors (Lipinski definition) is 3. The molecule has 1 unspecified atom stereocenters. The van der Waals surface area contributed by atoms with Gasteiger partial charge in [0.15, 0.2) is 0 Å². The highest BCUT2D eigenvalue weighted by Crippen LogP contribution is 2.23. The standard InChI is InChI=1S/C19H21ClFNO3/c1-12(2)18(19(23)24)22-10-13-5-3-4-6-17(13)25-11-14-7-8-15(21)9-16(14)20/h3-9,12,18,22H,10-11H2,1-2H3,(H,23,24). The average molecular weight is 366 g/mol. The first kappa shape index (κ1) is 19.2. The summed E-state index contributed by atoms with van der Waals surface area (Å²) in [5.74, 6) is -0.690. The zero-order chi connectivity index (χ0) is 18.4. The largest absolute Gasteiger partial charge is 0.489 e. The monoisotopic (exact) mass is 365 g/mol. The van der Waals surface area contributed by atoms with E-state index in [-0.39, 0.29) is 12.5 Å². The molecule has 0 bridgehead atoms. The first-order valence-corrected chi connectivity index (χ1v) is 8.37. The van der Waals surface area contributed by atoms with Crippen LogP contribution in [0.5, 0.6) is 5.75 Å². The highest BCUT2D eigenvalue weighted by molar-refractivity contribution is 6.31. The quantitative estimate of drug-likeness (QED) is 0.734. The highest BCUT2D eigenvalue weighted by Gasteiger charge is 2.21. The van der Waals surface area contributed by atoms with Crippen molar-refractivity contribution in [2.75, 3.05) is 0 Å². The zero-order valence-electron chi connectivity index (χ0n) is 14.1. The van der Waals surface area contributed by atoms with E-state index >= 15 is 0 Å². The van der Waals surface area contributed by atoms with Crippen LogP contribution in [0.2, 0.25) is 5.02 Å². The van der Waals surface area contributed by atoms with E-state index in [4.69, 9.17) is 16.3 Å². The predicted octanol–water partition coefficient (Wildman–Crippen LogP) is 4.26. The molecule has 6 heteroatoms. The molecule has 0 aliphatic heterocycles. The molecule has 1 atom stereocenters. The number of hydrogen-bond donors (Lipinski definition) is 2. The Morgan fingerprint density at radius 3 is 2.60 bits per heavy atom. The van der Waals surface area contributed by atoms with Crippen molar-refractivity contribution in [2.24, 2.45) is 5.92 Å². The normalized spacial score (nSPS) is 12.2. The topological polar surface area (TPSA) is 58.6 Å². The summed E-state index contributed by atoms with van der Waals surface area (Å²) < 4.78 is 18.9. The summed E-state index contributed by atoms with van der Waals surface area (Å²) in [5, 5.41) is 12.6. The van der Waals surface area contributed by atoms with Gasteiger partial charge in [0.25, 0.3) is 0 Å². The second-order valence-electron chi connectivity index (χ2n) is 6.07. The van der Waals surface area contributed by atoms with Gasteiger partial charge in [-0.25, -0.2) is 4.39 Å². The number of aliphatic carboxylic acids is 1. The van der Waals surface area contributed by atoms with Gasteiger partial charge in [-0.15, -0.1) is 0 Å². The van der Waals surface area contributed by atoms with Crippen LogP contribution in [0.1, 0.15) is 25.0 Å². The Kier molecular flexibility index (Phi) is 6.79. The van der Waals surface area contributed by atoms with Gasteiger partial charge in [0.2, 0.25) is 0 Å². The number of benzene rings is 2. The Balaban J connectivity index is 2.06. The van der Waals surface area contributed by atoms with Crippen molar-refractivity contribution in [1.29, 1.82) is 0 Å². The van der Waals surface area contributed by atoms with Crippen molar-refractivity contribution in [3.05, 3.63) is 64.4 Å². The van der Waals surface area contributed by atoms with E-state index in [1.165, 1.54) is 12.1 Å². The summed E-state index contributed by atoms with van der Waals surface area (Å²) in [7, 11) is 0. The van der Waals surface area contributed by atoms with Gasteiger partial charge < -0.3 is 9.84 Å². The van der Waals surface area contributed by atoms with E-state index in [0.29, 0.717) is 22.9 Å². The van der Waals surface area contributed by atoms with Gasteiger partial charge in [-0.3, -0.25) is 10.1 Å². The average Bonchev–Trinajstić information content (AvgIpc) is 2.54. The fraction of sp³-hybridized carbons (Fsp3) is 0.316. The second-order valence-corrected chi connectivity index (χ2v) is 6.48. The van der Waals surface area contributed by atoms with Gasteiger partial charge in [0, 0.05) is 17.7 Å². The zero-order valence-corrected chi connectivity index (χ0v) is 14.9. The molecule has 0 spiro atoms. The summed E-state index contributed by atoms with van der Waals surface area (Å²) in [6.07, 6.45) is 0. The molecule has 4 nitrogen and oxygen atoms in total. The molecule has 0 aliphatic carbocycles. The van der Waals surface area contributed by atoms with E-state index < -0.39 is 17.8 Å². The molecular formula is C19H21ClFNO3. The Hall–Kier alpha value is -2.11. The molecule has 25 heavy (non-hydrogen) atoms. The lowest BCUT2D eigenvalue weighted by molar-refractivity contribution is -0.140. The third-order valence-electron chi connectivity index (χ3n) is 3.82. The molecule has 2 rings (SSSR count). The number of halogens is 2. The summed E-state index contributed by atoms with van der Waals surface area (Å²) in [5.41, 5.74) is 1.52. The van der Waals surface area contributed by atoms with E-state index in [2.05, 4.69) is 5.32 Å². The molecular weight excluding hydrogens is 345 g/mol. The van der Waals surface area contributed by atoms with Crippen LogP contribution in [0.15, 0.2) is 42.5 Å². The van der Waals surface area contributed by atoms with Crippen LogP contribution < -0.4 is 10.1 Å². The van der Waals surface area contributed by atoms with Gasteiger partial charge >= 0.3 is 5.97 Å². The van der Waals surface area contributed by atoms with E-state index in [1.54, 1.807) is 12.1 Å². The van der Waals surface area contributed by atoms with E-state index in [9.17, 15) is 14.3 Å². The molecule has 0 aliphatic rings. The number of rotatable bonds is 8. The fourth-order valence-corrected chi connectivity index (χ4v) is 2.63. The minimum absolute atomic E-state index is 0.0383. The van der Waals surface area contributed by atoms with Gasteiger partial charge in [-0.05, 0) is 24.1 Å².